The van der Waals surface area contributed by atoms with Crippen LogP contribution >= 0.6 is 11.3 Å². The Morgan fingerprint density at radius 3 is 2.90 bits per heavy atom. The Morgan fingerprint density at radius 1 is 1.35 bits per heavy atom. The first-order chi connectivity index (χ1) is 9.58. The second kappa shape index (κ2) is 5.32. The number of rotatable bonds is 3. The lowest BCUT2D eigenvalue weighted by atomic mass is 9.88. The van der Waals surface area contributed by atoms with E-state index in [9.17, 15) is 5.11 Å². The van der Waals surface area contributed by atoms with E-state index in [4.69, 9.17) is 4.74 Å². The molecule has 2 atom stereocenters. The molecular weight excluding hydrogens is 268 g/mol. The zero-order valence-corrected chi connectivity index (χ0v) is 12.7. The van der Waals surface area contributed by atoms with Crippen molar-refractivity contribution in [1.82, 2.24) is 0 Å². The maximum atomic E-state index is 10.9. The highest BCUT2D eigenvalue weighted by molar-refractivity contribution is 7.10. The third kappa shape index (κ3) is 2.53. The third-order valence-electron chi connectivity index (χ3n) is 4.03. The first-order valence-corrected chi connectivity index (χ1v) is 7.92. The molecule has 1 aromatic carbocycles. The standard InChI is InChI=1S/C17H20O2S/c1-12-8-10-20-16(12)17(2,18)11-15-14-6-4-3-5-13(14)7-9-19-15/h3-6,8,10,15,18H,7,9,11H2,1-2H3. The minimum absolute atomic E-state index is 0.0172. The molecule has 3 heteroatoms. The summed E-state index contributed by atoms with van der Waals surface area (Å²) in [4.78, 5) is 1.05. The molecule has 0 saturated heterocycles. The molecule has 106 valence electrons. The normalized spacial score (nSPS) is 21.2. The van der Waals surface area contributed by atoms with Gasteiger partial charge in [0.05, 0.1) is 18.3 Å². The van der Waals surface area contributed by atoms with Gasteiger partial charge in [-0.2, -0.15) is 0 Å². The van der Waals surface area contributed by atoms with Crippen molar-refractivity contribution in [2.75, 3.05) is 6.61 Å². The van der Waals surface area contributed by atoms with Gasteiger partial charge in [0.2, 0.25) is 0 Å². The molecule has 20 heavy (non-hydrogen) atoms. The highest BCUT2D eigenvalue weighted by Gasteiger charge is 2.33. The van der Waals surface area contributed by atoms with Crippen LogP contribution in [-0.4, -0.2) is 11.7 Å². The van der Waals surface area contributed by atoms with Crippen molar-refractivity contribution in [3.8, 4) is 0 Å². The summed E-state index contributed by atoms with van der Waals surface area (Å²) in [6, 6.07) is 10.5. The smallest absolute Gasteiger partial charge is 0.0990 e. The van der Waals surface area contributed by atoms with Crippen LogP contribution in [0.5, 0.6) is 0 Å². The van der Waals surface area contributed by atoms with Crippen LogP contribution in [0.15, 0.2) is 35.7 Å². The average Bonchev–Trinajstić information content (AvgIpc) is 2.86. The largest absolute Gasteiger partial charge is 0.384 e. The molecule has 0 saturated carbocycles. The van der Waals surface area contributed by atoms with E-state index < -0.39 is 5.60 Å². The molecule has 0 fully saturated rings. The first kappa shape index (κ1) is 13.8. The Labute approximate surface area is 124 Å². The number of aryl methyl sites for hydroxylation is 1. The van der Waals surface area contributed by atoms with E-state index >= 15 is 0 Å². The fourth-order valence-corrected chi connectivity index (χ4v) is 4.02. The maximum absolute atomic E-state index is 10.9. The van der Waals surface area contributed by atoms with Gasteiger partial charge in [-0.15, -0.1) is 11.3 Å². The third-order valence-corrected chi connectivity index (χ3v) is 5.30. The lowest BCUT2D eigenvalue weighted by Gasteiger charge is -2.32. The van der Waals surface area contributed by atoms with Gasteiger partial charge < -0.3 is 9.84 Å². The lowest BCUT2D eigenvalue weighted by molar-refractivity contribution is -0.0383. The molecule has 0 amide bonds. The van der Waals surface area contributed by atoms with Gasteiger partial charge in [0.25, 0.3) is 0 Å². The molecular formula is C17H20O2S. The molecule has 1 aromatic heterocycles. The first-order valence-electron chi connectivity index (χ1n) is 7.04. The van der Waals surface area contributed by atoms with Crippen molar-refractivity contribution < 1.29 is 9.84 Å². The summed E-state index contributed by atoms with van der Waals surface area (Å²) in [5.41, 5.74) is 2.90. The number of aliphatic hydroxyl groups is 1. The predicted molar refractivity (Wildman–Crippen MR) is 82.1 cm³/mol. The van der Waals surface area contributed by atoms with Gasteiger partial charge >= 0.3 is 0 Å². The molecule has 2 nitrogen and oxygen atoms in total. The summed E-state index contributed by atoms with van der Waals surface area (Å²) >= 11 is 1.62. The number of fused-ring (bicyclic) bond motifs is 1. The fraction of sp³-hybridized carbons (Fsp3) is 0.412. The van der Waals surface area contributed by atoms with Crippen LogP contribution in [-0.2, 0) is 16.8 Å². The number of benzene rings is 1. The monoisotopic (exact) mass is 288 g/mol. The Hall–Kier alpha value is -1.16. The van der Waals surface area contributed by atoms with Crippen molar-refractivity contribution in [2.45, 2.75) is 38.4 Å². The SMILES string of the molecule is Cc1ccsc1C(C)(O)CC1OCCc2ccccc21. The van der Waals surface area contributed by atoms with Crippen LogP contribution in [0.2, 0.25) is 0 Å². The van der Waals surface area contributed by atoms with Gasteiger partial charge in [0, 0.05) is 11.3 Å². The van der Waals surface area contributed by atoms with E-state index in [-0.39, 0.29) is 6.10 Å². The summed E-state index contributed by atoms with van der Waals surface area (Å²) in [5.74, 6) is 0. The second-order valence-electron chi connectivity index (χ2n) is 5.72. The van der Waals surface area contributed by atoms with Gasteiger partial charge in [-0.3, -0.25) is 0 Å². The molecule has 2 unspecified atom stereocenters. The van der Waals surface area contributed by atoms with Crippen LogP contribution in [0.25, 0.3) is 0 Å². The van der Waals surface area contributed by atoms with E-state index in [1.54, 1.807) is 11.3 Å². The molecule has 0 bridgehead atoms. The quantitative estimate of drug-likeness (QED) is 0.926. The van der Waals surface area contributed by atoms with E-state index in [0.717, 1.165) is 23.5 Å². The minimum Gasteiger partial charge on any atom is -0.384 e. The number of hydrogen-bond acceptors (Lipinski definition) is 3. The summed E-state index contributed by atoms with van der Waals surface area (Å²) in [6.45, 7) is 4.68. The van der Waals surface area contributed by atoms with Crippen molar-refractivity contribution in [1.29, 1.82) is 0 Å². The summed E-state index contributed by atoms with van der Waals surface area (Å²) in [6.07, 6.45) is 1.55. The van der Waals surface area contributed by atoms with E-state index in [1.807, 2.05) is 18.4 Å². The van der Waals surface area contributed by atoms with E-state index in [0.29, 0.717) is 6.42 Å². The van der Waals surface area contributed by atoms with Gasteiger partial charge in [0.1, 0.15) is 0 Å². The zero-order valence-electron chi connectivity index (χ0n) is 11.9. The topological polar surface area (TPSA) is 29.5 Å². The van der Waals surface area contributed by atoms with Crippen LogP contribution in [0, 0.1) is 6.92 Å². The number of ether oxygens (including phenoxy) is 1. The Kier molecular flexibility index (Phi) is 3.67. The molecule has 2 aromatic rings. The highest BCUT2D eigenvalue weighted by atomic mass is 32.1. The van der Waals surface area contributed by atoms with Crippen molar-refractivity contribution in [2.24, 2.45) is 0 Å². The van der Waals surface area contributed by atoms with Gasteiger partial charge in [-0.1, -0.05) is 24.3 Å². The molecule has 0 radical (unpaired) electrons. The molecule has 1 N–H and O–H groups in total. The second-order valence-corrected chi connectivity index (χ2v) is 6.64. The Morgan fingerprint density at radius 2 is 2.15 bits per heavy atom. The molecule has 3 rings (SSSR count). The van der Waals surface area contributed by atoms with Crippen molar-refractivity contribution >= 4 is 11.3 Å². The molecule has 0 aliphatic carbocycles. The molecule has 1 aliphatic rings. The summed E-state index contributed by atoms with van der Waals surface area (Å²) in [5, 5.41) is 12.9. The van der Waals surface area contributed by atoms with Gasteiger partial charge in [-0.05, 0) is 48.4 Å². The van der Waals surface area contributed by atoms with Crippen LogP contribution in [0.1, 0.15) is 41.0 Å². The van der Waals surface area contributed by atoms with Crippen molar-refractivity contribution in [3.63, 3.8) is 0 Å². The summed E-state index contributed by atoms with van der Waals surface area (Å²) < 4.78 is 5.92. The van der Waals surface area contributed by atoms with E-state index in [1.165, 1.54) is 11.1 Å². The minimum atomic E-state index is -0.840. The summed E-state index contributed by atoms with van der Waals surface area (Å²) in [7, 11) is 0. The van der Waals surface area contributed by atoms with Crippen LogP contribution < -0.4 is 0 Å². The lowest BCUT2D eigenvalue weighted by Crippen LogP contribution is -2.27. The number of hydrogen-bond donors (Lipinski definition) is 1. The van der Waals surface area contributed by atoms with Crippen molar-refractivity contribution in [3.05, 3.63) is 57.3 Å². The molecule has 1 aliphatic heterocycles. The van der Waals surface area contributed by atoms with Gasteiger partial charge in [-0.25, -0.2) is 0 Å². The van der Waals surface area contributed by atoms with Crippen LogP contribution in [0.4, 0.5) is 0 Å². The maximum Gasteiger partial charge on any atom is 0.0990 e. The average molecular weight is 288 g/mol. The Bertz CT molecular complexity index is 601. The predicted octanol–water partition coefficient (Wildman–Crippen LogP) is 3.97. The zero-order chi connectivity index (χ0) is 14.2. The highest BCUT2D eigenvalue weighted by Crippen LogP contribution is 2.40. The van der Waals surface area contributed by atoms with E-state index in [2.05, 4.69) is 31.2 Å². The fourth-order valence-electron chi connectivity index (χ4n) is 3.02. The molecule has 0 spiro atoms. The Balaban J connectivity index is 1.87. The van der Waals surface area contributed by atoms with Gasteiger partial charge in [0.15, 0.2) is 0 Å². The van der Waals surface area contributed by atoms with Crippen LogP contribution in [0.3, 0.4) is 0 Å². The molecule has 2 heterocycles. The number of thiophene rings is 1.